The summed E-state index contributed by atoms with van der Waals surface area (Å²) in [5.41, 5.74) is 2.88. The van der Waals surface area contributed by atoms with E-state index in [1.165, 1.54) is 11.3 Å². The monoisotopic (exact) mass is 408 g/mol. The molecule has 3 aromatic rings. The normalized spacial score (nSPS) is 11.7. The van der Waals surface area contributed by atoms with Crippen molar-refractivity contribution in [3.63, 3.8) is 0 Å². The van der Waals surface area contributed by atoms with Crippen LogP contribution in [0.4, 0.5) is 0 Å². The number of aryl methyl sites for hydroxylation is 1. The molecule has 2 amide bonds. The lowest BCUT2D eigenvalue weighted by molar-refractivity contribution is 0.0937. The maximum atomic E-state index is 12.6. The highest BCUT2D eigenvalue weighted by Gasteiger charge is 2.17. The fraction of sp³-hybridized carbons (Fsp3) is 0.273. The van der Waals surface area contributed by atoms with Crippen LogP contribution in [-0.4, -0.2) is 27.8 Å². The molecule has 2 N–H and O–H groups in total. The Bertz CT molecular complexity index is 1000. The van der Waals surface area contributed by atoms with Crippen LogP contribution in [0.3, 0.4) is 0 Å². The van der Waals surface area contributed by atoms with Crippen LogP contribution in [0, 0.1) is 6.92 Å². The molecule has 3 rings (SSSR count). The summed E-state index contributed by atoms with van der Waals surface area (Å²) in [6.07, 6.45) is 2.58. The molecule has 0 spiro atoms. The van der Waals surface area contributed by atoms with Crippen molar-refractivity contribution in [1.29, 1.82) is 0 Å². The van der Waals surface area contributed by atoms with E-state index in [0.717, 1.165) is 22.7 Å². The number of thiazole rings is 1. The number of carbonyl (C=O) groups excluding carboxylic acids is 2. The van der Waals surface area contributed by atoms with E-state index in [-0.39, 0.29) is 17.9 Å². The van der Waals surface area contributed by atoms with E-state index in [9.17, 15) is 9.59 Å². The third-order valence-corrected chi connectivity index (χ3v) is 5.70. The molecule has 0 fully saturated rings. The van der Waals surface area contributed by atoms with E-state index in [1.807, 2.05) is 51.1 Å². The lowest BCUT2D eigenvalue weighted by atomic mass is 10.1. The first-order valence-corrected chi connectivity index (χ1v) is 10.4. The van der Waals surface area contributed by atoms with Gasteiger partial charge in [0.25, 0.3) is 11.8 Å². The quantitative estimate of drug-likeness (QED) is 0.619. The summed E-state index contributed by atoms with van der Waals surface area (Å²) in [5, 5.41) is 6.59. The van der Waals surface area contributed by atoms with Crippen molar-refractivity contribution in [2.75, 3.05) is 0 Å². The SMILES string of the molecule is CCC(C)NC(=O)c1cccc(CNC(=O)c2sc(-c3ccccn3)nc2C)c1. The van der Waals surface area contributed by atoms with Gasteiger partial charge in [-0.3, -0.25) is 14.6 Å². The average Bonchev–Trinajstić information content (AvgIpc) is 3.14. The number of carbonyl (C=O) groups is 2. The minimum Gasteiger partial charge on any atom is -0.350 e. The molecule has 0 saturated heterocycles. The smallest absolute Gasteiger partial charge is 0.263 e. The van der Waals surface area contributed by atoms with Crippen LogP contribution in [0.25, 0.3) is 10.7 Å². The molecule has 0 aliphatic carbocycles. The minimum absolute atomic E-state index is 0.106. The van der Waals surface area contributed by atoms with Crippen LogP contribution >= 0.6 is 11.3 Å². The Kier molecular flexibility index (Phi) is 6.72. The number of pyridine rings is 1. The van der Waals surface area contributed by atoms with Crippen molar-refractivity contribution in [3.8, 4) is 10.7 Å². The third-order valence-electron chi connectivity index (χ3n) is 4.52. The molecule has 7 heteroatoms. The molecule has 0 radical (unpaired) electrons. The average molecular weight is 409 g/mol. The summed E-state index contributed by atoms with van der Waals surface area (Å²) in [5.74, 6) is -0.289. The Morgan fingerprint density at radius 1 is 1.14 bits per heavy atom. The van der Waals surface area contributed by atoms with E-state index in [0.29, 0.717) is 22.7 Å². The highest BCUT2D eigenvalue weighted by molar-refractivity contribution is 7.17. The number of rotatable bonds is 7. The lowest BCUT2D eigenvalue weighted by Gasteiger charge is -2.12. The molecule has 1 aromatic carbocycles. The molecule has 1 atom stereocenters. The van der Waals surface area contributed by atoms with Gasteiger partial charge in [0, 0.05) is 24.3 Å². The molecule has 0 bridgehead atoms. The molecule has 2 aromatic heterocycles. The Balaban J connectivity index is 1.66. The first kappa shape index (κ1) is 20.7. The number of benzene rings is 1. The predicted octanol–water partition coefficient (Wildman–Crippen LogP) is 3.97. The number of nitrogens with zero attached hydrogens (tertiary/aromatic N) is 2. The highest BCUT2D eigenvalue weighted by Crippen LogP contribution is 2.26. The molecule has 29 heavy (non-hydrogen) atoms. The van der Waals surface area contributed by atoms with Gasteiger partial charge in [-0.05, 0) is 50.1 Å². The Hall–Kier alpha value is -3.06. The first-order chi connectivity index (χ1) is 14.0. The Morgan fingerprint density at radius 2 is 1.97 bits per heavy atom. The molecule has 0 aliphatic heterocycles. The maximum absolute atomic E-state index is 12.6. The van der Waals surface area contributed by atoms with E-state index >= 15 is 0 Å². The maximum Gasteiger partial charge on any atom is 0.263 e. The van der Waals surface area contributed by atoms with Gasteiger partial charge in [-0.15, -0.1) is 11.3 Å². The van der Waals surface area contributed by atoms with Crippen LogP contribution in [-0.2, 0) is 6.54 Å². The Morgan fingerprint density at radius 3 is 2.69 bits per heavy atom. The summed E-state index contributed by atoms with van der Waals surface area (Å²) >= 11 is 1.32. The largest absolute Gasteiger partial charge is 0.350 e. The molecular formula is C22H24N4O2S. The van der Waals surface area contributed by atoms with Gasteiger partial charge >= 0.3 is 0 Å². The van der Waals surface area contributed by atoms with Gasteiger partial charge in [-0.25, -0.2) is 4.98 Å². The van der Waals surface area contributed by atoms with Crippen LogP contribution in [0.1, 0.15) is 51.6 Å². The number of nitrogens with one attached hydrogen (secondary N) is 2. The highest BCUT2D eigenvalue weighted by atomic mass is 32.1. The molecule has 2 heterocycles. The summed E-state index contributed by atoms with van der Waals surface area (Å²) in [6, 6.07) is 13.0. The van der Waals surface area contributed by atoms with Crippen LogP contribution < -0.4 is 10.6 Å². The minimum atomic E-state index is -0.184. The second kappa shape index (κ2) is 9.43. The van der Waals surface area contributed by atoms with Gasteiger partial charge in [-0.1, -0.05) is 25.1 Å². The second-order valence-corrected chi connectivity index (χ2v) is 7.81. The molecule has 150 valence electrons. The summed E-state index contributed by atoms with van der Waals surface area (Å²) in [4.78, 5) is 34.3. The van der Waals surface area contributed by atoms with E-state index in [2.05, 4.69) is 20.6 Å². The van der Waals surface area contributed by atoms with E-state index in [1.54, 1.807) is 18.3 Å². The van der Waals surface area contributed by atoms with Crippen molar-refractivity contribution in [3.05, 3.63) is 70.4 Å². The summed E-state index contributed by atoms with van der Waals surface area (Å²) in [6.45, 7) is 6.15. The van der Waals surface area contributed by atoms with Gasteiger partial charge in [0.15, 0.2) is 0 Å². The van der Waals surface area contributed by atoms with Crippen molar-refractivity contribution >= 4 is 23.2 Å². The first-order valence-electron chi connectivity index (χ1n) is 9.54. The molecule has 6 nitrogen and oxygen atoms in total. The van der Waals surface area contributed by atoms with Crippen molar-refractivity contribution in [2.24, 2.45) is 0 Å². The number of amides is 2. The topological polar surface area (TPSA) is 84.0 Å². The zero-order valence-electron chi connectivity index (χ0n) is 16.7. The van der Waals surface area contributed by atoms with Crippen molar-refractivity contribution < 1.29 is 9.59 Å². The second-order valence-electron chi connectivity index (χ2n) is 6.81. The number of aromatic nitrogens is 2. The zero-order valence-corrected chi connectivity index (χ0v) is 17.5. The summed E-state index contributed by atoms with van der Waals surface area (Å²) in [7, 11) is 0. The van der Waals surface area contributed by atoms with Crippen molar-refractivity contribution in [2.45, 2.75) is 39.8 Å². The van der Waals surface area contributed by atoms with Crippen LogP contribution in [0.5, 0.6) is 0 Å². The number of hydrogen-bond donors (Lipinski definition) is 2. The fourth-order valence-electron chi connectivity index (χ4n) is 2.70. The number of hydrogen-bond acceptors (Lipinski definition) is 5. The zero-order chi connectivity index (χ0) is 20.8. The van der Waals surface area contributed by atoms with Crippen molar-refractivity contribution in [1.82, 2.24) is 20.6 Å². The van der Waals surface area contributed by atoms with E-state index in [4.69, 9.17) is 0 Å². The van der Waals surface area contributed by atoms with Gasteiger partial charge in [0.2, 0.25) is 0 Å². The molecule has 0 aliphatic rings. The standard InChI is InChI=1S/C22H24N4O2S/c1-4-14(2)25-20(27)17-9-7-8-16(12-17)13-24-21(28)19-15(3)26-22(29-19)18-10-5-6-11-23-18/h5-12,14H,4,13H2,1-3H3,(H,24,28)(H,25,27). The summed E-state index contributed by atoms with van der Waals surface area (Å²) < 4.78 is 0. The van der Waals surface area contributed by atoms with Crippen LogP contribution in [0.15, 0.2) is 48.7 Å². The van der Waals surface area contributed by atoms with Gasteiger partial charge < -0.3 is 10.6 Å². The molecule has 1 unspecified atom stereocenters. The lowest BCUT2D eigenvalue weighted by Crippen LogP contribution is -2.32. The fourth-order valence-corrected chi connectivity index (χ4v) is 3.66. The van der Waals surface area contributed by atoms with Gasteiger partial charge in [-0.2, -0.15) is 0 Å². The van der Waals surface area contributed by atoms with Gasteiger partial charge in [0.1, 0.15) is 9.88 Å². The predicted molar refractivity (Wildman–Crippen MR) is 115 cm³/mol. The van der Waals surface area contributed by atoms with Gasteiger partial charge in [0.05, 0.1) is 11.4 Å². The Labute approximate surface area is 174 Å². The third kappa shape index (κ3) is 5.26. The van der Waals surface area contributed by atoms with E-state index < -0.39 is 0 Å². The molecular weight excluding hydrogens is 384 g/mol. The molecule has 0 saturated carbocycles. The van der Waals surface area contributed by atoms with Crippen LogP contribution in [0.2, 0.25) is 0 Å².